The molecular formula is C16H15BrN2OS. The third-order valence-electron chi connectivity index (χ3n) is 3.31. The fourth-order valence-electron chi connectivity index (χ4n) is 2.39. The van der Waals surface area contributed by atoms with E-state index in [0.717, 1.165) is 19.7 Å². The quantitative estimate of drug-likeness (QED) is 0.738. The molecule has 108 valence electrons. The van der Waals surface area contributed by atoms with Crippen LogP contribution in [0.4, 0.5) is 0 Å². The Bertz CT molecular complexity index is 776. The molecule has 0 saturated heterocycles. The molecule has 0 radical (unpaired) electrons. The van der Waals surface area contributed by atoms with Crippen molar-refractivity contribution < 1.29 is 4.79 Å². The fourth-order valence-corrected chi connectivity index (χ4v) is 3.95. The summed E-state index contributed by atoms with van der Waals surface area (Å²) in [6.45, 7) is 3.26. The molecule has 3 aromatic rings. The van der Waals surface area contributed by atoms with Gasteiger partial charge in [0.2, 0.25) is 0 Å². The molecule has 0 saturated carbocycles. The van der Waals surface area contributed by atoms with Crippen molar-refractivity contribution in [3.05, 3.63) is 57.5 Å². The van der Waals surface area contributed by atoms with E-state index in [1.54, 1.807) is 11.3 Å². The Morgan fingerprint density at radius 3 is 2.76 bits per heavy atom. The number of fused-ring (bicyclic) bond motifs is 1. The van der Waals surface area contributed by atoms with Gasteiger partial charge in [0.1, 0.15) is 5.69 Å². The highest BCUT2D eigenvalue weighted by Crippen LogP contribution is 2.32. The number of amides is 1. The molecule has 2 aromatic heterocycles. The van der Waals surface area contributed by atoms with Gasteiger partial charge in [-0.25, -0.2) is 0 Å². The van der Waals surface area contributed by atoms with Gasteiger partial charge in [-0.3, -0.25) is 4.79 Å². The Balaban J connectivity index is 2.08. The zero-order chi connectivity index (χ0) is 14.8. The van der Waals surface area contributed by atoms with Crippen molar-refractivity contribution in [3.8, 4) is 0 Å². The molecule has 1 amide bonds. The van der Waals surface area contributed by atoms with Crippen LogP contribution in [0.1, 0.15) is 23.0 Å². The van der Waals surface area contributed by atoms with Crippen LogP contribution in [-0.4, -0.2) is 17.0 Å². The molecule has 5 heteroatoms. The van der Waals surface area contributed by atoms with Crippen LogP contribution in [0.3, 0.4) is 0 Å². The molecule has 0 bridgehead atoms. The number of carbonyl (C=O) groups is 1. The Kier molecular flexibility index (Phi) is 4.12. The summed E-state index contributed by atoms with van der Waals surface area (Å²) < 4.78 is 4.28. The molecule has 0 unspecified atom stereocenters. The smallest absolute Gasteiger partial charge is 0.267 e. The van der Waals surface area contributed by atoms with Gasteiger partial charge in [-0.2, -0.15) is 0 Å². The Labute approximate surface area is 135 Å². The van der Waals surface area contributed by atoms with Crippen molar-refractivity contribution in [1.82, 2.24) is 9.88 Å². The van der Waals surface area contributed by atoms with E-state index >= 15 is 0 Å². The van der Waals surface area contributed by atoms with Crippen molar-refractivity contribution in [2.24, 2.45) is 0 Å². The van der Waals surface area contributed by atoms with E-state index in [1.807, 2.05) is 31.2 Å². The first-order chi connectivity index (χ1) is 10.2. The summed E-state index contributed by atoms with van der Waals surface area (Å²) in [4.78, 5) is 12.3. The number of rotatable bonds is 4. The fraction of sp³-hybridized carbons (Fsp3) is 0.188. The van der Waals surface area contributed by atoms with Crippen molar-refractivity contribution in [1.29, 1.82) is 0 Å². The van der Waals surface area contributed by atoms with Crippen LogP contribution < -0.4 is 5.32 Å². The topological polar surface area (TPSA) is 34.0 Å². The molecule has 2 heterocycles. The van der Waals surface area contributed by atoms with E-state index in [4.69, 9.17) is 0 Å². The lowest BCUT2D eigenvalue weighted by molar-refractivity contribution is 0.0947. The van der Waals surface area contributed by atoms with Gasteiger partial charge in [0.25, 0.3) is 5.91 Å². The second kappa shape index (κ2) is 6.03. The second-order valence-electron chi connectivity index (χ2n) is 4.76. The average molecular weight is 363 g/mol. The number of hydrogen-bond donors (Lipinski definition) is 1. The molecule has 1 aromatic carbocycles. The molecule has 21 heavy (non-hydrogen) atoms. The summed E-state index contributed by atoms with van der Waals surface area (Å²) in [5.41, 5.74) is 2.99. The molecular weight excluding hydrogens is 348 g/mol. The lowest BCUT2D eigenvalue weighted by atomic mass is 10.2. The highest BCUT2D eigenvalue weighted by molar-refractivity contribution is 9.11. The van der Waals surface area contributed by atoms with Crippen LogP contribution in [0.2, 0.25) is 0 Å². The normalized spacial score (nSPS) is 11.0. The average Bonchev–Trinajstić information content (AvgIpc) is 2.98. The summed E-state index contributed by atoms with van der Waals surface area (Å²) in [5.74, 6) is -0.0204. The van der Waals surface area contributed by atoms with Crippen LogP contribution in [0.15, 0.2) is 46.3 Å². The zero-order valence-electron chi connectivity index (χ0n) is 11.6. The van der Waals surface area contributed by atoms with E-state index in [-0.39, 0.29) is 5.91 Å². The molecule has 3 rings (SSSR count). The maximum Gasteiger partial charge on any atom is 0.267 e. The molecule has 0 atom stereocenters. The minimum absolute atomic E-state index is 0.0204. The van der Waals surface area contributed by atoms with Crippen molar-refractivity contribution in [3.63, 3.8) is 0 Å². The van der Waals surface area contributed by atoms with Crippen LogP contribution >= 0.6 is 27.3 Å². The van der Waals surface area contributed by atoms with Crippen LogP contribution in [0.25, 0.3) is 10.2 Å². The van der Waals surface area contributed by atoms with Crippen LogP contribution in [0.5, 0.6) is 0 Å². The largest absolute Gasteiger partial charge is 0.351 e. The van der Waals surface area contributed by atoms with Crippen LogP contribution in [0, 0.1) is 0 Å². The number of nitrogens with zero attached hydrogens (tertiary/aromatic N) is 1. The third-order valence-corrected chi connectivity index (χ3v) is 4.89. The summed E-state index contributed by atoms with van der Waals surface area (Å²) in [6.07, 6.45) is 0. The number of carbonyl (C=O) groups excluding carboxylic acids is 1. The summed E-state index contributed by atoms with van der Waals surface area (Å²) in [6, 6.07) is 14.2. The van der Waals surface area contributed by atoms with Gasteiger partial charge in [-0.05, 0) is 40.5 Å². The molecule has 0 aliphatic carbocycles. The second-order valence-corrected chi connectivity index (χ2v) is 7.22. The van der Waals surface area contributed by atoms with Gasteiger partial charge in [0.15, 0.2) is 0 Å². The third kappa shape index (κ3) is 2.89. The number of nitrogens with one attached hydrogen (secondary N) is 1. The number of aromatic nitrogens is 1. The van der Waals surface area contributed by atoms with Gasteiger partial charge in [-0.1, -0.05) is 30.3 Å². The standard InChI is InChI=1S/C16H15BrN2OS/c1-2-18-16(20)13-8-14-12(9-15(17)21-14)19(13)10-11-6-4-3-5-7-11/h3-9H,2,10H2,1H3,(H,18,20). The Hall–Kier alpha value is -1.59. The van der Waals surface area contributed by atoms with Gasteiger partial charge in [0.05, 0.1) is 14.0 Å². The highest BCUT2D eigenvalue weighted by atomic mass is 79.9. The number of hydrogen-bond acceptors (Lipinski definition) is 2. The van der Waals surface area contributed by atoms with Crippen LogP contribution in [-0.2, 0) is 6.54 Å². The summed E-state index contributed by atoms with van der Waals surface area (Å²) >= 11 is 5.17. The predicted octanol–water partition coefficient (Wildman–Crippen LogP) is 4.26. The van der Waals surface area contributed by atoms with Gasteiger partial charge >= 0.3 is 0 Å². The minimum atomic E-state index is -0.0204. The molecule has 0 spiro atoms. The predicted molar refractivity (Wildman–Crippen MR) is 91.1 cm³/mol. The van der Waals surface area contributed by atoms with Crippen molar-refractivity contribution in [2.75, 3.05) is 6.54 Å². The number of benzene rings is 1. The minimum Gasteiger partial charge on any atom is -0.351 e. The first-order valence-corrected chi connectivity index (χ1v) is 8.40. The molecule has 3 nitrogen and oxygen atoms in total. The van der Waals surface area contributed by atoms with E-state index < -0.39 is 0 Å². The Morgan fingerprint density at radius 1 is 1.29 bits per heavy atom. The first-order valence-electron chi connectivity index (χ1n) is 6.79. The summed E-state index contributed by atoms with van der Waals surface area (Å²) in [5, 5.41) is 2.89. The van der Waals surface area contributed by atoms with Gasteiger partial charge in [0, 0.05) is 13.1 Å². The lowest BCUT2D eigenvalue weighted by Crippen LogP contribution is -2.25. The van der Waals surface area contributed by atoms with E-state index in [0.29, 0.717) is 13.1 Å². The molecule has 0 fully saturated rings. The van der Waals surface area contributed by atoms with Gasteiger partial charge in [-0.15, -0.1) is 11.3 Å². The molecule has 1 N–H and O–H groups in total. The van der Waals surface area contributed by atoms with E-state index in [9.17, 15) is 4.79 Å². The molecule has 0 aliphatic rings. The van der Waals surface area contributed by atoms with E-state index in [1.165, 1.54) is 5.56 Å². The number of halogens is 1. The zero-order valence-corrected chi connectivity index (χ0v) is 14.0. The monoisotopic (exact) mass is 362 g/mol. The van der Waals surface area contributed by atoms with E-state index in [2.05, 4.69) is 44.0 Å². The summed E-state index contributed by atoms with van der Waals surface area (Å²) in [7, 11) is 0. The maximum atomic E-state index is 12.3. The highest BCUT2D eigenvalue weighted by Gasteiger charge is 2.17. The van der Waals surface area contributed by atoms with Crippen molar-refractivity contribution >= 4 is 43.4 Å². The maximum absolute atomic E-state index is 12.3. The Morgan fingerprint density at radius 2 is 2.05 bits per heavy atom. The first kappa shape index (κ1) is 14.4. The lowest BCUT2D eigenvalue weighted by Gasteiger charge is -2.10. The SMILES string of the molecule is CCNC(=O)c1cc2sc(Br)cc2n1Cc1ccccc1. The van der Waals surface area contributed by atoms with Gasteiger partial charge < -0.3 is 9.88 Å². The number of thiophene rings is 1. The van der Waals surface area contributed by atoms with Crippen molar-refractivity contribution in [2.45, 2.75) is 13.5 Å². The molecule has 0 aliphatic heterocycles.